The van der Waals surface area contributed by atoms with Gasteiger partial charge in [0, 0.05) is 5.56 Å². The van der Waals surface area contributed by atoms with Gasteiger partial charge in [0.2, 0.25) is 0 Å². The van der Waals surface area contributed by atoms with Crippen LogP contribution in [0.2, 0.25) is 5.02 Å². The third-order valence-electron chi connectivity index (χ3n) is 3.04. The summed E-state index contributed by atoms with van der Waals surface area (Å²) in [4.78, 5) is 12.4. The van der Waals surface area contributed by atoms with E-state index in [1.54, 1.807) is 24.3 Å². The van der Waals surface area contributed by atoms with Gasteiger partial charge in [-0.25, -0.2) is 4.39 Å². The number of benzene rings is 2. The number of methoxy groups -OCH3 is 1. The summed E-state index contributed by atoms with van der Waals surface area (Å²) in [6.45, 7) is 0. The molecule has 5 heteroatoms. The van der Waals surface area contributed by atoms with E-state index in [0.29, 0.717) is 11.3 Å². The van der Waals surface area contributed by atoms with Crippen LogP contribution in [0.15, 0.2) is 42.5 Å². The van der Waals surface area contributed by atoms with E-state index in [2.05, 4.69) is 0 Å². The summed E-state index contributed by atoms with van der Waals surface area (Å²) in [7, 11) is 1.49. The lowest BCUT2D eigenvalue weighted by atomic mass is 9.91. The molecule has 0 bridgehead atoms. The zero-order valence-electron chi connectivity index (χ0n) is 11.1. The molecule has 0 heterocycles. The van der Waals surface area contributed by atoms with Gasteiger partial charge < -0.3 is 4.74 Å². The molecule has 106 valence electrons. The Morgan fingerprint density at radius 1 is 1.33 bits per heavy atom. The van der Waals surface area contributed by atoms with Crippen molar-refractivity contribution in [2.24, 2.45) is 0 Å². The molecule has 1 unspecified atom stereocenters. The van der Waals surface area contributed by atoms with Gasteiger partial charge in [0.05, 0.1) is 18.2 Å². The number of Topliss-reactive ketones (excluding diaryl/α,β-unsaturated/α-hetero) is 1. The molecule has 2 aromatic rings. The van der Waals surface area contributed by atoms with Crippen LogP contribution in [-0.2, 0) is 0 Å². The summed E-state index contributed by atoms with van der Waals surface area (Å²) in [5.74, 6) is -1.77. The highest BCUT2D eigenvalue weighted by Crippen LogP contribution is 2.28. The Morgan fingerprint density at radius 2 is 2.05 bits per heavy atom. The van der Waals surface area contributed by atoms with Crippen LogP contribution in [0.1, 0.15) is 21.8 Å². The van der Waals surface area contributed by atoms with Gasteiger partial charge in [0.25, 0.3) is 0 Å². The maximum Gasteiger partial charge on any atom is 0.186 e. The van der Waals surface area contributed by atoms with Crippen LogP contribution in [0.25, 0.3) is 0 Å². The number of nitrogens with zero attached hydrogens (tertiary/aromatic N) is 1. The zero-order chi connectivity index (χ0) is 15.4. The average molecular weight is 304 g/mol. The molecule has 0 N–H and O–H groups in total. The number of nitriles is 1. The average Bonchev–Trinajstić information content (AvgIpc) is 2.51. The van der Waals surface area contributed by atoms with Crippen molar-refractivity contribution in [1.29, 1.82) is 5.26 Å². The summed E-state index contributed by atoms with van der Waals surface area (Å²) in [6.07, 6.45) is 0. The molecular weight excluding hydrogens is 293 g/mol. The van der Waals surface area contributed by atoms with E-state index in [9.17, 15) is 14.4 Å². The minimum absolute atomic E-state index is 0.00830. The number of ketones is 1. The molecule has 0 saturated heterocycles. The van der Waals surface area contributed by atoms with Gasteiger partial charge in [-0.15, -0.1) is 0 Å². The van der Waals surface area contributed by atoms with Crippen LogP contribution in [0.3, 0.4) is 0 Å². The van der Waals surface area contributed by atoms with Crippen LogP contribution in [0.4, 0.5) is 4.39 Å². The van der Waals surface area contributed by atoms with Crippen molar-refractivity contribution in [3.63, 3.8) is 0 Å². The first kappa shape index (κ1) is 15.0. The van der Waals surface area contributed by atoms with Crippen LogP contribution in [0.5, 0.6) is 5.75 Å². The Hall–Kier alpha value is -2.38. The van der Waals surface area contributed by atoms with Gasteiger partial charge in [-0.05, 0) is 29.8 Å². The maximum absolute atomic E-state index is 13.4. The number of carbonyl (C=O) groups is 1. The fraction of sp³-hybridized carbons (Fsp3) is 0.125. The quantitative estimate of drug-likeness (QED) is 0.803. The molecule has 0 spiro atoms. The Morgan fingerprint density at radius 3 is 2.71 bits per heavy atom. The third kappa shape index (κ3) is 3.04. The standard InChI is InChI=1S/C16H11ClFNO2/c1-21-11-5-2-4-10(8-11)13(9-19)16(20)12-6-3-7-14(18)15(12)17/h2-8,13H,1H3. The molecule has 0 aliphatic heterocycles. The Kier molecular flexibility index (Phi) is 4.56. The third-order valence-corrected chi connectivity index (χ3v) is 3.42. The van der Waals surface area contributed by atoms with E-state index in [1.807, 2.05) is 6.07 Å². The van der Waals surface area contributed by atoms with Crippen LogP contribution in [0, 0.1) is 17.1 Å². The van der Waals surface area contributed by atoms with Gasteiger partial charge in [-0.3, -0.25) is 4.79 Å². The largest absolute Gasteiger partial charge is 0.497 e. The van der Waals surface area contributed by atoms with E-state index in [-0.39, 0.29) is 10.6 Å². The van der Waals surface area contributed by atoms with Gasteiger partial charge in [-0.2, -0.15) is 5.26 Å². The predicted molar refractivity (Wildman–Crippen MR) is 77.1 cm³/mol. The van der Waals surface area contributed by atoms with E-state index in [0.717, 1.165) is 6.07 Å². The van der Waals surface area contributed by atoms with Crippen molar-refractivity contribution in [1.82, 2.24) is 0 Å². The molecule has 0 amide bonds. The van der Waals surface area contributed by atoms with Crippen LogP contribution in [-0.4, -0.2) is 12.9 Å². The maximum atomic E-state index is 13.4. The molecule has 0 saturated carbocycles. The van der Waals surface area contributed by atoms with E-state index >= 15 is 0 Å². The Labute approximate surface area is 126 Å². The first-order valence-electron chi connectivity index (χ1n) is 6.10. The summed E-state index contributed by atoms with van der Waals surface area (Å²) in [5, 5.41) is 9.01. The number of hydrogen-bond donors (Lipinski definition) is 0. The van der Waals surface area contributed by atoms with E-state index < -0.39 is 17.5 Å². The first-order valence-corrected chi connectivity index (χ1v) is 6.48. The zero-order valence-corrected chi connectivity index (χ0v) is 11.9. The number of hydrogen-bond acceptors (Lipinski definition) is 3. The molecule has 0 aromatic heterocycles. The van der Waals surface area contributed by atoms with Crippen molar-refractivity contribution in [3.8, 4) is 11.8 Å². The molecule has 1 atom stereocenters. The van der Waals surface area contributed by atoms with Crippen molar-refractivity contribution in [2.75, 3.05) is 7.11 Å². The topological polar surface area (TPSA) is 50.1 Å². The highest BCUT2D eigenvalue weighted by molar-refractivity contribution is 6.34. The second-order valence-electron chi connectivity index (χ2n) is 4.30. The van der Waals surface area contributed by atoms with Gasteiger partial charge >= 0.3 is 0 Å². The summed E-state index contributed by atoms with van der Waals surface area (Å²) < 4.78 is 18.5. The lowest BCUT2D eigenvalue weighted by Gasteiger charge is -2.11. The van der Waals surface area contributed by atoms with Gasteiger partial charge in [-0.1, -0.05) is 29.8 Å². The number of ether oxygens (including phenoxy) is 1. The molecular formula is C16H11ClFNO2. The fourth-order valence-corrected chi connectivity index (χ4v) is 2.17. The number of halogens is 2. The highest BCUT2D eigenvalue weighted by atomic mass is 35.5. The smallest absolute Gasteiger partial charge is 0.186 e. The lowest BCUT2D eigenvalue weighted by Crippen LogP contribution is -2.12. The second kappa shape index (κ2) is 6.38. The lowest BCUT2D eigenvalue weighted by molar-refractivity contribution is 0.0978. The number of carbonyl (C=O) groups excluding carboxylic acids is 1. The van der Waals surface area contributed by atoms with E-state index in [1.165, 1.54) is 19.2 Å². The molecule has 0 aliphatic carbocycles. The second-order valence-corrected chi connectivity index (χ2v) is 4.68. The van der Waals surface area contributed by atoms with Crippen LogP contribution < -0.4 is 4.74 Å². The van der Waals surface area contributed by atoms with E-state index in [4.69, 9.17) is 16.3 Å². The summed E-state index contributed by atoms with van der Waals surface area (Å²) >= 11 is 5.81. The summed E-state index contributed by atoms with van der Waals surface area (Å²) in [5.41, 5.74) is 0.466. The van der Waals surface area contributed by atoms with Gasteiger partial charge in [0.1, 0.15) is 17.5 Å². The van der Waals surface area contributed by atoms with Crippen molar-refractivity contribution < 1.29 is 13.9 Å². The molecule has 2 rings (SSSR count). The van der Waals surface area contributed by atoms with Crippen molar-refractivity contribution >= 4 is 17.4 Å². The molecule has 0 aliphatic rings. The number of rotatable bonds is 4. The minimum Gasteiger partial charge on any atom is -0.497 e. The molecule has 0 radical (unpaired) electrons. The highest BCUT2D eigenvalue weighted by Gasteiger charge is 2.25. The molecule has 3 nitrogen and oxygen atoms in total. The minimum atomic E-state index is -1.07. The molecule has 21 heavy (non-hydrogen) atoms. The van der Waals surface area contributed by atoms with Crippen molar-refractivity contribution in [2.45, 2.75) is 5.92 Å². The molecule has 2 aromatic carbocycles. The SMILES string of the molecule is COc1cccc(C(C#N)C(=O)c2cccc(F)c2Cl)c1. The first-order chi connectivity index (χ1) is 10.1. The van der Waals surface area contributed by atoms with Gasteiger partial charge in [0.15, 0.2) is 5.78 Å². The summed E-state index contributed by atoms with van der Waals surface area (Å²) in [6, 6.07) is 12.5. The fourth-order valence-electron chi connectivity index (χ4n) is 1.96. The Balaban J connectivity index is 2.44. The predicted octanol–water partition coefficient (Wildman–Crippen LogP) is 3.98. The molecule has 0 fully saturated rings. The Bertz CT molecular complexity index is 724. The normalized spacial score (nSPS) is 11.5. The van der Waals surface area contributed by atoms with Crippen LogP contribution >= 0.6 is 11.6 Å². The monoisotopic (exact) mass is 303 g/mol. The van der Waals surface area contributed by atoms with Crippen molar-refractivity contribution in [3.05, 3.63) is 64.4 Å².